The van der Waals surface area contributed by atoms with Crippen molar-refractivity contribution in [2.75, 3.05) is 13.1 Å². The fourth-order valence-corrected chi connectivity index (χ4v) is 3.53. The number of rotatable bonds is 6. The number of likely N-dealkylation sites (tertiary alicyclic amines) is 1. The van der Waals surface area contributed by atoms with Crippen molar-refractivity contribution in [1.82, 2.24) is 14.9 Å². The number of allylic oxidation sites excluding steroid dienone is 3. The summed E-state index contributed by atoms with van der Waals surface area (Å²) in [7, 11) is 0. The predicted octanol–water partition coefficient (Wildman–Crippen LogP) is 3.66. The minimum absolute atomic E-state index is 0.0483. The number of carbonyl (C=O) groups excluding carboxylic acids is 1. The highest BCUT2D eigenvalue weighted by molar-refractivity contribution is 6.00. The molecule has 1 aromatic heterocycles. The Morgan fingerprint density at radius 1 is 1.31 bits per heavy atom. The fraction of sp³-hybridized carbons (Fsp3) is 0.304. The zero-order valence-corrected chi connectivity index (χ0v) is 16.7. The first-order valence-electron chi connectivity index (χ1n) is 9.72. The van der Waals surface area contributed by atoms with Crippen molar-refractivity contribution in [2.45, 2.75) is 31.8 Å². The van der Waals surface area contributed by atoms with Gasteiger partial charge in [0.25, 0.3) is 5.91 Å². The molecule has 0 aliphatic carbocycles. The third-order valence-corrected chi connectivity index (χ3v) is 5.19. The molecule has 0 saturated carbocycles. The molecule has 6 heteroatoms. The van der Waals surface area contributed by atoms with Crippen LogP contribution in [-0.2, 0) is 0 Å². The van der Waals surface area contributed by atoms with E-state index in [2.05, 4.69) is 21.7 Å². The maximum Gasteiger partial charge on any atom is 0.254 e. The Morgan fingerprint density at radius 3 is 2.72 bits per heavy atom. The number of nitrogens with zero attached hydrogens (tertiary/aromatic N) is 4. The summed E-state index contributed by atoms with van der Waals surface area (Å²) in [5.41, 5.74) is 1.98. The summed E-state index contributed by atoms with van der Waals surface area (Å²) in [6.45, 7) is 6.49. The van der Waals surface area contributed by atoms with Crippen molar-refractivity contribution >= 4 is 12.6 Å². The van der Waals surface area contributed by atoms with E-state index in [1.165, 1.54) is 6.33 Å². The van der Waals surface area contributed by atoms with Crippen LogP contribution in [0, 0.1) is 0 Å². The summed E-state index contributed by atoms with van der Waals surface area (Å²) in [5, 5.41) is 11.0. The molecule has 6 nitrogen and oxygen atoms in total. The monoisotopic (exact) mass is 390 g/mol. The molecule has 1 saturated heterocycles. The van der Waals surface area contributed by atoms with Crippen LogP contribution in [-0.4, -0.2) is 51.3 Å². The van der Waals surface area contributed by atoms with E-state index in [-0.39, 0.29) is 5.91 Å². The van der Waals surface area contributed by atoms with Crippen LogP contribution in [0.15, 0.2) is 71.8 Å². The molecule has 1 aromatic carbocycles. The standard InChI is InChI=1S/C23H26N4O2/c1-3-4-7-18(24-2)16-23(29)11-14-27(15-12-23)22(28)20-9-6-5-8-19(20)21-10-13-25-17-26-21/h3-10,13,17,29H,2,11-12,14-16H2,1H3. The predicted molar refractivity (Wildman–Crippen MR) is 115 cm³/mol. The SMILES string of the molecule is C=NC(=CC=CC)CC1(O)CCN(C(=O)c2ccccc2-c2ccncn2)CC1. The number of hydrogen-bond donors (Lipinski definition) is 1. The summed E-state index contributed by atoms with van der Waals surface area (Å²) in [5.74, 6) is -0.0483. The second-order valence-electron chi connectivity index (χ2n) is 7.18. The van der Waals surface area contributed by atoms with Gasteiger partial charge >= 0.3 is 0 Å². The lowest BCUT2D eigenvalue weighted by Gasteiger charge is -2.38. The Balaban J connectivity index is 1.72. The molecule has 1 N–H and O–H groups in total. The van der Waals surface area contributed by atoms with Gasteiger partial charge in [0.1, 0.15) is 6.33 Å². The Bertz CT molecular complexity index is 913. The van der Waals surface area contributed by atoms with Crippen LogP contribution in [0.5, 0.6) is 0 Å². The smallest absolute Gasteiger partial charge is 0.254 e. The summed E-state index contributed by atoms with van der Waals surface area (Å²) < 4.78 is 0. The number of benzene rings is 1. The quantitative estimate of drug-likeness (QED) is 0.603. The topological polar surface area (TPSA) is 78.7 Å². The first-order valence-corrected chi connectivity index (χ1v) is 9.72. The van der Waals surface area contributed by atoms with Crippen LogP contribution in [0.4, 0.5) is 0 Å². The molecule has 3 rings (SSSR count). The highest BCUT2D eigenvalue weighted by atomic mass is 16.3. The molecule has 2 heterocycles. The zero-order chi connectivity index (χ0) is 20.7. The van der Waals surface area contributed by atoms with Gasteiger partial charge in [0, 0.05) is 42.5 Å². The van der Waals surface area contributed by atoms with E-state index < -0.39 is 5.60 Å². The van der Waals surface area contributed by atoms with Crippen LogP contribution in [0.3, 0.4) is 0 Å². The van der Waals surface area contributed by atoms with Gasteiger partial charge in [-0.15, -0.1) is 0 Å². The molecule has 29 heavy (non-hydrogen) atoms. The molecule has 2 aromatic rings. The van der Waals surface area contributed by atoms with Gasteiger partial charge in [0.2, 0.25) is 0 Å². The number of amides is 1. The lowest BCUT2D eigenvalue weighted by Crippen LogP contribution is -2.46. The minimum atomic E-state index is -0.877. The second kappa shape index (κ2) is 9.39. The summed E-state index contributed by atoms with van der Waals surface area (Å²) in [4.78, 5) is 27.2. The first-order chi connectivity index (χ1) is 14.1. The van der Waals surface area contributed by atoms with Gasteiger partial charge in [0.15, 0.2) is 0 Å². The number of aromatic nitrogens is 2. The number of carbonyl (C=O) groups is 1. The zero-order valence-electron chi connectivity index (χ0n) is 16.7. The van der Waals surface area contributed by atoms with Crippen LogP contribution in [0.25, 0.3) is 11.3 Å². The molecule has 1 aliphatic heterocycles. The van der Waals surface area contributed by atoms with Crippen molar-refractivity contribution in [3.8, 4) is 11.3 Å². The van der Waals surface area contributed by atoms with Crippen LogP contribution < -0.4 is 0 Å². The Morgan fingerprint density at radius 2 is 2.07 bits per heavy atom. The number of aliphatic imine (C=N–C) groups is 1. The fourth-order valence-electron chi connectivity index (χ4n) is 3.53. The van der Waals surface area contributed by atoms with E-state index in [0.29, 0.717) is 43.6 Å². The van der Waals surface area contributed by atoms with Crippen LogP contribution in [0.2, 0.25) is 0 Å². The van der Waals surface area contributed by atoms with Crippen molar-refractivity contribution in [3.63, 3.8) is 0 Å². The van der Waals surface area contributed by atoms with Gasteiger partial charge in [-0.3, -0.25) is 9.79 Å². The van der Waals surface area contributed by atoms with Gasteiger partial charge < -0.3 is 10.0 Å². The van der Waals surface area contributed by atoms with Crippen molar-refractivity contribution < 1.29 is 9.90 Å². The lowest BCUT2D eigenvalue weighted by molar-refractivity contribution is -0.0162. The number of aliphatic hydroxyl groups is 1. The van der Waals surface area contributed by atoms with Gasteiger partial charge in [-0.2, -0.15) is 0 Å². The minimum Gasteiger partial charge on any atom is -0.389 e. The highest BCUT2D eigenvalue weighted by Crippen LogP contribution is 2.31. The molecular weight excluding hydrogens is 364 g/mol. The first kappa shape index (κ1) is 20.6. The molecule has 0 radical (unpaired) electrons. The van der Waals surface area contributed by atoms with E-state index in [1.54, 1.807) is 17.2 Å². The van der Waals surface area contributed by atoms with Gasteiger partial charge in [0.05, 0.1) is 11.3 Å². The molecular formula is C23H26N4O2. The molecule has 1 amide bonds. The average molecular weight is 390 g/mol. The molecule has 0 atom stereocenters. The van der Waals surface area contributed by atoms with E-state index in [9.17, 15) is 9.90 Å². The molecule has 1 fully saturated rings. The number of hydrogen-bond acceptors (Lipinski definition) is 5. The van der Waals surface area contributed by atoms with Crippen LogP contribution >= 0.6 is 0 Å². The van der Waals surface area contributed by atoms with E-state index >= 15 is 0 Å². The molecule has 0 unspecified atom stereocenters. The Hall–Kier alpha value is -3.12. The average Bonchev–Trinajstić information content (AvgIpc) is 2.77. The second-order valence-corrected chi connectivity index (χ2v) is 7.18. The van der Waals surface area contributed by atoms with E-state index in [0.717, 1.165) is 11.3 Å². The van der Waals surface area contributed by atoms with Crippen molar-refractivity contribution in [3.05, 3.63) is 72.3 Å². The lowest BCUT2D eigenvalue weighted by atomic mass is 9.86. The normalized spacial score (nSPS) is 16.8. The summed E-state index contributed by atoms with van der Waals surface area (Å²) in [6, 6.07) is 9.25. The van der Waals surface area contributed by atoms with Gasteiger partial charge in [-0.1, -0.05) is 30.4 Å². The Labute approximate surface area is 171 Å². The largest absolute Gasteiger partial charge is 0.389 e. The highest BCUT2D eigenvalue weighted by Gasteiger charge is 2.35. The number of piperidine rings is 1. The summed E-state index contributed by atoms with van der Waals surface area (Å²) >= 11 is 0. The van der Waals surface area contributed by atoms with Crippen molar-refractivity contribution in [1.29, 1.82) is 0 Å². The maximum absolute atomic E-state index is 13.2. The third kappa shape index (κ3) is 5.03. The van der Waals surface area contributed by atoms with Gasteiger partial charge in [-0.25, -0.2) is 9.97 Å². The van der Waals surface area contributed by atoms with E-state index in [1.807, 2.05) is 49.4 Å². The maximum atomic E-state index is 13.2. The third-order valence-electron chi connectivity index (χ3n) is 5.19. The molecule has 0 spiro atoms. The van der Waals surface area contributed by atoms with E-state index in [4.69, 9.17) is 0 Å². The van der Waals surface area contributed by atoms with Crippen molar-refractivity contribution in [2.24, 2.45) is 4.99 Å². The molecule has 150 valence electrons. The molecule has 1 aliphatic rings. The molecule has 0 bridgehead atoms. The van der Waals surface area contributed by atoms with Crippen LogP contribution in [0.1, 0.15) is 36.5 Å². The summed E-state index contributed by atoms with van der Waals surface area (Å²) in [6.07, 6.45) is 10.2. The Kier molecular flexibility index (Phi) is 6.67. The van der Waals surface area contributed by atoms with Gasteiger partial charge in [-0.05, 0) is 44.7 Å².